The predicted molar refractivity (Wildman–Crippen MR) is 102 cm³/mol. The van der Waals surface area contributed by atoms with Gasteiger partial charge in [-0.3, -0.25) is 9.59 Å². The summed E-state index contributed by atoms with van der Waals surface area (Å²) < 4.78 is 4.98. The first kappa shape index (κ1) is 21.2. The van der Waals surface area contributed by atoms with Gasteiger partial charge in [0.1, 0.15) is 0 Å². The summed E-state index contributed by atoms with van der Waals surface area (Å²) in [5.74, 6) is -0.264. The molecule has 0 N–H and O–H groups in total. The Labute approximate surface area is 152 Å². The third kappa shape index (κ3) is 7.29. The molecule has 0 bridgehead atoms. The van der Waals surface area contributed by atoms with E-state index in [4.69, 9.17) is 4.74 Å². The highest BCUT2D eigenvalue weighted by atomic mass is 16.5. The highest BCUT2D eigenvalue weighted by molar-refractivity contribution is 5.94. The molecule has 25 heavy (non-hydrogen) atoms. The van der Waals surface area contributed by atoms with Crippen molar-refractivity contribution in [3.05, 3.63) is 35.4 Å². The van der Waals surface area contributed by atoms with Crippen LogP contribution in [0.1, 0.15) is 76.2 Å². The highest BCUT2D eigenvalue weighted by Gasteiger charge is 2.19. The summed E-state index contributed by atoms with van der Waals surface area (Å²) in [5, 5.41) is 0. The Bertz CT molecular complexity index is 543. The van der Waals surface area contributed by atoms with E-state index < -0.39 is 0 Å². The third-order valence-corrected chi connectivity index (χ3v) is 4.21. The lowest BCUT2D eigenvalue weighted by Gasteiger charge is -2.23. The summed E-state index contributed by atoms with van der Waals surface area (Å²) in [4.78, 5) is 26.3. The number of hydrogen-bond acceptors (Lipinski definition) is 3. The fraction of sp³-hybridized carbons (Fsp3) is 0.619. The van der Waals surface area contributed by atoms with E-state index in [0.717, 1.165) is 19.3 Å². The molecule has 0 atom stereocenters. The number of hydrogen-bond donors (Lipinski definition) is 0. The molecule has 0 heterocycles. The number of rotatable bonds is 9. The first-order valence-electron chi connectivity index (χ1n) is 9.35. The maximum atomic E-state index is 12.8. The minimum Gasteiger partial charge on any atom is -0.466 e. The van der Waals surface area contributed by atoms with Gasteiger partial charge in [-0.05, 0) is 36.5 Å². The minimum absolute atomic E-state index is 0.0131. The highest BCUT2D eigenvalue weighted by Crippen LogP contribution is 2.22. The fourth-order valence-corrected chi connectivity index (χ4v) is 2.62. The van der Waals surface area contributed by atoms with E-state index in [9.17, 15) is 9.59 Å². The van der Waals surface area contributed by atoms with E-state index in [1.807, 2.05) is 24.3 Å². The van der Waals surface area contributed by atoms with Crippen molar-refractivity contribution >= 4 is 11.9 Å². The number of amides is 1. The zero-order valence-electron chi connectivity index (χ0n) is 16.4. The summed E-state index contributed by atoms with van der Waals surface area (Å²) in [5.41, 5.74) is 1.94. The van der Waals surface area contributed by atoms with E-state index >= 15 is 0 Å². The second-order valence-electron chi connectivity index (χ2n) is 7.38. The minimum atomic E-state index is -0.251. The molecular formula is C21H33NO3. The lowest BCUT2D eigenvalue weighted by atomic mass is 9.86. The Balaban J connectivity index is 2.80. The molecule has 1 aromatic carbocycles. The summed E-state index contributed by atoms with van der Waals surface area (Å²) in [6.45, 7) is 11.8. The second-order valence-corrected chi connectivity index (χ2v) is 7.38. The number of esters is 1. The zero-order valence-corrected chi connectivity index (χ0v) is 16.4. The van der Waals surface area contributed by atoms with Crippen molar-refractivity contribution in [3.63, 3.8) is 0 Å². The van der Waals surface area contributed by atoms with Crippen molar-refractivity contribution in [3.8, 4) is 0 Å². The summed E-state index contributed by atoms with van der Waals surface area (Å²) in [6, 6.07) is 7.81. The van der Waals surface area contributed by atoms with E-state index in [2.05, 4.69) is 27.7 Å². The zero-order chi connectivity index (χ0) is 18.9. The summed E-state index contributed by atoms with van der Waals surface area (Å²) >= 11 is 0. The Kier molecular flexibility index (Phi) is 8.67. The van der Waals surface area contributed by atoms with Crippen LogP contribution in [0.2, 0.25) is 0 Å². The van der Waals surface area contributed by atoms with Crippen LogP contribution in [0, 0.1) is 0 Å². The number of nitrogens with zero attached hydrogens (tertiary/aromatic N) is 1. The van der Waals surface area contributed by atoms with Gasteiger partial charge in [-0.2, -0.15) is 0 Å². The average molecular weight is 347 g/mol. The first-order valence-corrected chi connectivity index (χ1v) is 9.35. The molecule has 1 rings (SSSR count). The second kappa shape index (κ2) is 10.2. The Morgan fingerprint density at radius 2 is 1.64 bits per heavy atom. The predicted octanol–water partition coefficient (Wildman–Crippen LogP) is 4.57. The van der Waals surface area contributed by atoms with E-state index in [1.165, 1.54) is 5.56 Å². The van der Waals surface area contributed by atoms with Gasteiger partial charge in [0.05, 0.1) is 13.0 Å². The van der Waals surface area contributed by atoms with Gasteiger partial charge in [-0.25, -0.2) is 0 Å². The Hall–Kier alpha value is -1.84. The molecule has 0 fully saturated rings. The van der Waals surface area contributed by atoms with E-state index in [1.54, 1.807) is 11.8 Å². The van der Waals surface area contributed by atoms with Gasteiger partial charge in [0.25, 0.3) is 5.91 Å². The maximum Gasteiger partial charge on any atom is 0.307 e. The maximum absolute atomic E-state index is 12.8. The molecule has 0 aromatic heterocycles. The smallest absolute Gasteiger partial charge is 0.307 e. The van der Waals surface area contributed by atoms with Gasteiger partial charge >= 0.3 is 5.97 Å². The average Bonchev–Trinajstić information content (AvgIpc) is 2.57. The molecule has 0 radical (unpaired) electrons. The number of unbranched alkanes of at least 4 members (excludes halogenated alkanes) is 2. The van der Waals surface area contributed by atoms with Gasteiger partial charge in [0.2, 0.25) is 0 Å². The molecule has 0 aliphatic carbocycles. The molecule has 0 saturated carbocycles. The van der Waals surface area contributed by atoms with Crippen molar-refractivity contribution in [2.45, 2.75) is 65.7 Å². The number of ether oxygens (including phenoxy) is 1. The van der Waals surface area contributed by atoms with Crippen LogP contribution in [0.4, 0.5) is 0 Å². The van der Waals surface area contributed by atoms with Crippen LogP contribution in [-0.4, -0.2) is 36.5 Å². The first-order chi connectivity index (χ1) is 11.8. The van der Waals surface area contributed by atoms with Crippen LogP contribution in [0.5, 0.6) is 0 Å². The van der Waals surface area contributed by atoms with Crippen LogP contribution in [0.3, 0.4) is 0 Å². The molecule has 0 spiro atoms. The van der Waals surface area contributed by atoms with Crippen molar-refractivity contribution in [1.82, 2.24) is 4.90 Å². The van der Waals surface area contributed by atoms with Crippen LogP contribution in [0.15, 0.2) is 24.3 Å². The topological polar surface area (TPSA) is 46.6 Å². The van der Waals surface area contributed by atoms with Crippen molar-refractivity contribution < 1.29 is 14.3 Å². The number of carbonyl (C=O) groups is 2. The fourth-order valence-electron chi connectivity index (χ4n) is 2.62. The normalized spacial score (nSPS) is 11.2. The summed E-state index contributed by atoms with van der Waals surface area (Å²) in [7, 11) is 0. The van der Waals surface area contributed by atoms with Crippen molar-refractivity contribution in [2.24, 2.45) is 0 Å². The SMILES string of the molecule is CCCCCN(CCC(=O)OCC)C(=O)c1ccc(C(C)(C)C)cc1. The van der Waals surface area contributed by atoms with Gasteiger partial charge in [0.15, 0.2) is 0 Å². The Morgan fingerprint density at radius 3 is 2.16 bits per heavy atom. The Morgan fingerprint density at radius 1 is 1.00 bits per heavy atom. The van der Waals surface area contributed by atoms with Crippen molar-refractivity contribution in [2.75, 3.05) is 19.7 Å². The van der Waals surface area contributed by atoms with Crippen LogP contribution < -0.4 is 0 Å². The van der Waals surface area contributed by atoms with E-state index in [0.29, 0.717) is 25.3 Å². The molecule has 0 aliphatic rings. The lowest BCUT2D eigenvalue weighted by molar-refractivity contribution is -0.143. The largest absolute Gasteiger partial charge is 0.466 e. The number of benzene rings is 1. The molecule has 140 valence electrons. The van der Waals surface area contributed by atoms with Gasteiger partial charge in [-0.15, -0.1) is 0 Å². The molecular weight excluding hydrogens is 314 g/mol. The number of carbonyl (C=O) groups excluding carboxylic acids is 2. The van der Waals surface area contributed by atoms with Crippen molar-refractivity contribution in [1.29, 1.82) is 0 Å². The standard InChI is InChI=1S/C21H33NO3/c1-6-8-9-15-22(16-14-19(23)25-7-2)20(24)17-10-12-18(13-11-17)21(3,4)5/h10-13H,6-9,14-16H2,1-5H3. The van der Waals surface area contributed by atoms with Gasteiger partial charge in [-0.1, -0.05) is 52.7 Å². The molecule has 0 unspecified atom stereocenters. The van der Waals surface area contributed by atoms with E-state index in [-0.39, 0.29) is 23.7 Å². The summed E-state index contributed by atoms with van der Waals surface area (Å²) in [6.07, 6.45) is 3.36. The third-order valence-electron chi connectivity index (χ3n) is 4.21. The van der Waals surface area contributed by atoms with Crippen LogP contribution in [-0.2, 0) is 14.9 Å². The monoisotopic (exact) mass is 347 g/mol. The molecule has 4 heteroatoms. The van der Waals surface area contributed by atoms with Gasteiger partial charge < -0.3 is 9.64 Å². The lowest BCUT2D eigenvalue weighted by Crippen LogP contribution is -2.34. The molecule has 0 saturated heterocycles. The molecule has 1 amide bonds. The van der Waals surface area contributed by atoms with Crippen LogP contribution in [0.25, 0.3) is 0 Å². The van der Waals surface area contributed by atoms with Gasteiger partial charge in [0, 0.05) is 18.7 Å². The molecule has 4 nitrogen and oxygen atoms in total. The molecule has 0 aliphatic heterocycles. The van der Waals surface area contributed by atoms with Crippen LogP contribution >= 0.6 is 0 Å². The quantitative estimate of drug-likeness (QED) is 0.485. The molecule has 1 aromatic rings.